The van der Waals surface area contributed by atoms with E-state index in [2.05, 4.69) is 12.2 Å². The molecule has 0 aromatic carbocycles. The Morgan fingerprint density at radius 2 is 1.07 bits per heavy atom. The number of carboxylic acid groups (broad SMARTS) is 1. The quantitative estimate of drug-likeness (QED) is 0.248. The summed E-state index contributed by atoms with van der Waals surface area (Å²) >= 11 is 0. The van der Waals surface area contributed by atoms with Crippen LogP contribution >= 0.6 is 0 Å². The molecule has 2 N–H and O–H groups in total. The summed E-state index contributed by atoms with van der Waals surface area (Å²) in [6.45, 7) is 4.72. The van der Waals surface area contributed by atoms with Crippen LogP contribution in [0.1, 0.15) is 96.8 Å². The van der Waals surface area contributed by atoms with E-state index in [1.165, 1.54) is 83.5 Å². The van der Waals surface area contributed by atoms with Gasteiger partial charge >= 0.3 is 5.97 Å². The molecular weight excluding hydrogens is 378 g/mol. The number of carbonyl (C=O) groups is 2. The van der Waals surface area contributed by atoms with E-state index in [9.17, 15) is 9.59 Å². The fraction of sp³-hybridized carbons (Fsp3) is 0.917. The number of nitrogens with one attached hydrogen (secondary N) is 1. The lowest BCUT2D eigenvalue weighted by molar-refractivity contribution is -0.138. The van der Waals surface area contributed by atoms with Gasteiger partial charge < -0.3 is 10.4 Å². The third-order valence-electron chi connectivity index (χ3n) is 5.53. The number of nitrogens with zero attached hydrogens (tertiary/aromatic N) is 2. The highest BCUT2D eigenvalue weighted by Gasteiger charge is 2.08. The summed E-state index contributed by atoms with van der Waals surface area (Å²) < 4.78 is 0. The summed E-state index contributed by atoms with van der Waals surface area (Å²) in [6, 6.07) is 0. The van der Waals surface area contributed by atoms with Crippen LogP contribution in [0.4, 0.5) is 0 Å². The van der Waals surface area contributed by atoms with E-state index >= 15 is 0 Å². The second-order valence-electron chi connectivity index (χ2n) is 8.82. The van der Waals surface area contributed by atoms with Crippen molar-refractivity contribution in [2.45, 2.75) is 96.8 Å². The van der Waals surface area contributed by atoms with Gasteiger partial charge in [-0.05, 0) is 20.5 Å². The van der Waals surface area contributed by atoms with Crippen molar-refractivity contribution in [3.63, 3.8) is 0 Å². The van der Waals surface area contributed by atoms with Crippen LogP contribution in [0.25, 0.3) is 0 Å². The maximum Gasteiger partial charge on any atom is 0.317 e. The maximum absolute atomic E-state index is 11.9. The summed E-state index contributed by atoms with van der Waals surface area (Å²) in [7, 11) is 3.66. The van der Waals surface area contributed by atoms with Crippen LogP contribution in [-0.4, -0.2) is 73.6 Å². The van der Waals surface area contributed by atoms with E-state index < -0.39 is 5.97 Å². The lowest BCUT2D eigenvalue weighted by Gasteiger charge is -2.20. The highest BCUT2D eigenvalue weighted by molar-refractivity contribution is 5.77. The van der Waals surface area contributed by atoms with Crippen molar-refractivity contribution in [2.24, 2.45) is 0 Å². The van der Waals surface area contributed by atoms with Gasteiger partial charge in [-0.15, -0.1) is 0 Å². The van der Waals surface area contributed by atoms with Crippen molar-refractivity contribution in [3.8, 4) is 0 Å². The second-order valence-corrected chi connectivity index (χ2v) is 8.82. The Kier molecular flexibility index (Phi) is 20.3. The minimum Gasteiger partial charge on any atom is -0.480 e. The fourth-order valence-corrected chi connectivity index (χ4v) is 3.58. The minimum atomic E-state index is -0.828. The maximum atomic E-state index is 11.9. The van der Waals surface area contributed by atoms with Gasteiger partial charge in [0.25, 0.3) is 0 Å². The van der Waals surface area contributed by atoms with Gasteiger partial charge in [-0.25, -0.2) is 0 Å². The van der Waals surface area contributed by atoms with Gasteiger partial charge in [0.1, 0.15) is 0 Å². The molecule has 0 aromatic rings. The fourth-order valence-electron chi connectivity index (χ4n) is 3.58. The zero-order valence-corrected chi connectivity index (χ0v) is 20.1. The SMILES string of the molecule is CCCCCCCCCCCCCCCCNC(=O)CN(C)CCN(C)CC(=O)O. The van der Waals surface area contributed by atoms with E-state index in [1.807, 2.05) is 11.9 Å². The number of unbranched alkanes of at least 4 members (excludes halogenated alkanes) is 13. The normalized spacial score (nSPS) is 11.4. The first-order valence-electron chi connectivity index (χ1n) is 12.3. The van der Waals surface area contributed by atoms with Crippen LogP contribution in [0.3, 0.4) is 0 Å². The lowest BCUT2D eigenvalue weighted by Crippen LogP contribution is -2.39. The van der Waals surface area contributed by atoms with Gasteiger partial charge in [0.05, 0.1) is 13.1 Å². The molecule has 0 aliphatic carbocycles. The molecule has 178 valence electrons. The van der Waals surface area contributed by atoms with E-state index in [1.54, 1.807) is 11.9 Å². The van der Waals surface area contributed by atoms with Crippen LogP contribution in [0, 0.1) is 0 Å². The van der Waals surface area contributed by atoms with Gasteiger partial charge in [-0.2, -0.15) is 0 Å². The first-order chi connectivity index (χ1) is 14.5. The summed E-state index contributed by atoms with van der Waals surface area (Å²) in [5, 5.41) is 11.7. The number of amides is 1. The Morgan fingerprint density at radius 1 is 0.667 bits per heavy atom. The van der Waals surface area contributed by atoms with E-state index in [4.69, 9.17) is 5.11 Å². The Labute approximate surface area is 185 Å². The molecule has 0 saturated heterocycles. The average molecular weight is 428 g/mol. The standard InChI is InChI=1S/C24H49N3O3/c1-4-5-6-7-8-9-10-11-12-13-14-15-16-17-18-25-23(28)21-26(2)19-20-27(3)22-24(29)30/h4-22H2,1-3H3,(H,25,28)(H,29,30). The number of likely N-dealkylation sites (N-methyl/N-ethyl adjacent to an activating group) is 2. The third-order valence-corrected chi connectivity index (χ3v) is 5.53. The zero-order chi connectivity index (χ0) is 22.5. The van der Waals surface area contributed by atoms with Crippen LogP contribution in [0.15, 0.2) is 0 Å². The van der Waals surface area contributed by atoms with Crippen LogP contribution in [0.2, 0.25) is 0 Å². The van der Waals surface area contributed by atoms with Crippen molar-refractivity contribution in [3.05, 3.63) is 0 Å². The highest BCUT2D eigenvalue weighted by Crippen LogP contribution is 2.12. The minimum absolute atomic E-state index is 0.0269. The summed E-state index contributed by atoms with van der Waals surface area (Å²) in [6.07, 6.45) is 18.7. The number of aliphatic carboxylic acids is 1. The van der Waals surface area contributed by atoms with Crippen molar-refractivity contribution in [1.82, 2.24) is 15.1 Å². The smallest absolute Gasteiger partial charge is 0.317 e. The average Bonchev–Trinajstić information content (AvgIpc) is 2.69. The number of rotatable bonds is 22. The Morgan fingerprint density at radius 3 is 1.50 bits per heavy atom. The van der Waals surface area contributed by atoms with Crippen LogP contribution in [-0.2, 0) is 9.59 Å². The molecule has 1 amide bonds. The number of carbonyl (C=O) groups excluding carboxylic acids is 1. The molecule has 0 spiro atoms. The molecule has 6 nitrogen and oxygen atoms in total. The van der Waals surface area contributed by atoms with Crippen molar-refractivity contribution < 1.29 is 14.7 Å². The molecule has 0 rings (SSSR count). The number of hydrogen-bond acceptors (Lipinski definition) is 4. The summed E-state index contributed by atoms with van der Waals surface area (Å²) in [5.74, 6) is -0.779. The number of hydrogen-bond donors (Lipinski definition) is 2. The predicted molar refractivity (Wildman–Crippen MR) is 126 cm³/mol. The molecule has 0 atom stereocenters. The molecule has 0 aromatic heterocycles. The summed E-state index contributed by atoms with van der Waals surface area (Å²) in [5.41, 5.74) is 0. The first kappa shape index (κ1) is 28.9. The predicted octanol–water partition coefficient (Wildman–Crippen LogP) is 4.53. The van der Waals surface area contributed by atoms with Gasteiger partial charge in [-0.1, -0.05) is 90.4 Å². The monoisotopic (exact) mass is 427 g/mol. The van der Waals surface area contributed by atoms with Gasteiger partial charge in [-0.3, -0.25) is 19.4 Å². The van der Waals surface area contributed by atoms with Crippen molar-refractivity contribution >= 4 is 11.9 Å². The van der Waals surface area contributed by atoms with E-state index in [-0.39, 0.29) is 12.5 Å². The lowest BCUT2D eigenvalue weighted by atomic mass is 10.0. The highest BCUT2D eigenvalue weighted by atomic mass is 16.4. The van der Waals surface area contributed by atoms with Crippen molar-refractivity contribution in [1.29, 1.82) is 0 Å². The van der Waals surface area contributed by atoms with Crippen molar-refractivity contribution in [2.75, 3.05) is 46.8 Å². The molecule has 0 bridgehead atoms. The molecule has 0 saturated carbocycles. The Balaban J connectivity index is 3.35. The zero-order valence-electron chi connectivity index (χ0n) is 20.1. The molecule has 0 fully saturated rings. The van der Waals surface area contributed by atoms with Crippen LogP contribution < -0.4 is 5.32 Å². The summed E-state index contributed by atoms with van der Waals surface area (Å²) in [4.78, 5) is 26.3. The topological polar surface area (TPSA) is 72.9 Å². The molecule has 0 unspecified atom stereocenters. The number of carboxylic acids is 1. The largest absolute Gasteiger partial charge is 0.480 e. The van der Waals surface area contributed by atoms with Gasteiger partial charge in [0.2, 0.25) is 5.91 Å². The van der Waals surface area contributed by atoms with Crippen LogP contribution in [0.5, 0.6) is 0 Å². The van der Waals surface area contributed by atoms with E-state index in [0.29, 0.717) is 19.6 Å². The molecular formula is C24H49N3O3. The first-order valence-corrected chi connectivity index (χ1v) is 12.3. The molecule has 0 aliphatic rings. The molecule has 0 radical (unpaired) electrons. The molecule has 30 heavy (non-hydrogen) atoms. The van der Waals surface area contributed by atoms with E-state index in [0.717, 1.165) is 13.0 Å². The molecule has 0 heterocycles. The Bertz CT molecular complexity index is 419. The Hall–Kier alpha value is -1.14. The van der Waals surface area contributed by atoms with Gasteiger partial charge in [0.15, 0.2) is 0 Å². The molecule has 0 aliphatic heterocycles. The third kappa shape index (κ3) is 21.6. The second kappa shape index (κ2) is 21.1. The van der Waals surface area contributed by atoms with Gasteiger partial charge in [0, 0.05) is 19.6 Å². The molecule has 6 heteroatoms.